The van der Waals surface area contributed by atoms with E-state index in [9.17, 15) is 4.79 Å². The molecule has 2 aromatic carbocycles. The lowest BCUT2D eigenvalue weighted by Crippen LogP contribution is -2.24. The highest BCUT2D eigenvalue weighted by molar-refractivity contribution is 7.71. The molecule has 0 saturated carbocycles. The molecule has 6 nitrogen and oxygen atoms in total. The Hall–Kier alpha value is -2.93. The van der Waals surface area contributed by atoms with Crippen LogP contribution in [0, 0.1) is 18.6 Å². The van der Waals surface area contributed by atoms with E-state index in [-0.39, 0.29) is 12.5 Å². The number of para-hydroxylation sites is 2. The Morgan fingerprint density at radius 2 is 2.00 bits per heavy atom. The Labute approximate surface area is 156 Å². The molecule has 1 aromatic heterocycles. The zero-order valence-electron chi connectivity index (χ0n) is 14.9. The summed E-state index contributed by atoms with van der Waals surface area (Å²) in [5.41, 5.74) is 3.61. The molecule has 0 atom stereocenters. The van der Waals surface area contributed by atoms with Crippen LogP contribution in [-0.2, 0) is 6.54 Å². The topological polar surface area (TPSA) is 71.9 Å². The highest BCUT2D eigenvalue weighted by atomic mass is 32.1. The molecule has 0 aliphatic carbocycles. The van der Waals surface area contributed by atoms with E-state index in [4.69, 9.17) is 17.0 Å². The number of carbonyl (C=O) groups excluding carboxylic acids is 1. The molecule has 0 bridgehead atoms. The van der Waals surface area contributed by atoms with Gasteiger partial charge in [-0.3, -0.25) is 14.5 Å². The molecule has 3 rings (SSSR count). The SMILES string of the molecule is COc1ccccc1-n1c(CNC(=O)c2ccc(C)c(C)c2)n[nH]c1=S. The summed E-state index contributed by atoms with van der Waals surface area (Å²) in [6.07, 6.45) is 0. The quantitative estimate of drug-likeness (QED) is 0.676. The van der Waals surface area contributed by atoms with Crippen molar-refractivity contribution in [2.45, 2.75) is 20.4 Å². The summed E-state index contributed by atoms with van der Waals surface area (Å²) in [5.74, 6) is 1.11. The van der Waals surface area contributed by atoms with Crippen LogP contribution in [0.1, 0.15) is 27.3 Å². The Balaban J connectivity index is 1.84. The van der Waals surface area contributed by atoms with Crippen LogP contribution in [0.3, 0.4) is 0 Å². The van der Waals surface area contributed by atoms with Crippen LogP contribution in [-0.4, -0.2) is 27.8 Å². The first kappa shape index (κ1) is 17.9. The van der Waals surface area contributed by atoms with Gasteiger partial charge in [-0.2, -0.15) is 5.10 Å². The molecule has 2 N–H and O–H groups in total. The molecule has 26 heavy (non-hydrogen) atoms. The summed E-state index contributed by atoms with van der Waals surface area (Å²) >= 11 is 5.34. The van der Waals surface area contributed by atoms with Gasteiger partial charge >= 0.3 is 0 Å². The number of nitrogens with zero attached hydrogens (tertiary/aromatic N) is 2. The van der Waals surface area contributed by atoms with Crippen molar-refractivity contribution in [3.8, 4) is 11.4 Å². The Kier molecular flexibility index (Phi) is 5.18. The number of aryl methyl sites for hydroxylation is 2. The van der Waals surface area contributed by atoms with Crippen LogP contribution in [0.15, 0.2) is 42.5 Å². The van der Waals surface area contributed by atoms with Crippen LogP contribution in [0.25, 0.3) is 5.69 Å². The summed E-state index contributed by atoms with van der Waals surface area (Å²) in [6.45, 7) is 4.23. The number of aromatic amines is 1. The fraction of sp³-hybridized carbons (Fsp3) is 0.211. The van der Waals surface area contributed by atoms with Crippen LogP contribution >= 0.6 is 12.2 Å². The first-order valence-corrected chi connectivity index (χ1v) is 8.57. The average Bonchev–Trinajstić information content (AvgIpc) is 3.02. The van der Waals surface area contributed by atoms with Gasteiger partial charge in [0.15, 0.2) is 10.6 Å². The number of rotatable bonds is 5. The van der Waals surface area contributed by atoms with Gasteiger partial charge < -0.3 is 10.1 Å². The van der Waals surface area contributed by atoms with Gasteiger partial charge in [-0.15, -0.1) is 0 Å². The fourth-order valence-corrected chi connectivity index (χ4v) is 2.90. The maximum Gasteiger partial charge on any atom is 0.251 e. The minimum atomic E-state index is -0.159. The van der Waals surface area contributed by atoms with Gasteiger partial charge in [-0.25, -0.2) is 0 Å². The van der Waals surface area contributed by atoms with E-state index in [1.807, 2.05) is 56.3 Å². The maximum atomic E-state index is 12.5. The Morgan fingerprint density at radius 3 is 2.73 bits per heavy atom. The first-order chi connectivity index (χ1) is 12.5. The number of hydrogen-bond donors (Lipinski definition) is 2. The molecule has 0 radical (unpaired) electrons. The average molecular weight is 368 g/mol. The predicted molar refractivity (Wildman–Crippen MR) is 102 cm³/mol. The number of ether oxygens (including phenoxy) is 1. The maximum absolute atomic E-state index is 12.5. The lowest BCUT2D eigenvalue weighted by molar-refractivity contribution is 0.0949. The molecule has 3 aromatic rings. The molecule has 0 spiro atoms. The molecular formula is C19H20N4O2S. The monoisotopic (exact) mass is 368 g/mol. The molecule has 0 saturated heterocycles. The molecule has 0 unspecified atom stereocenters. The number of carbonyl (C=O) groups is 1. The van der Waals surface area contributed by atoms with Gasteiger partial charge in [0, 0.05) is 5.56 Å². The summed E-state index contributed by atoms with van der Waals surface area (Å²) < 4.78 is 7.60. The molecule has 0 fully saturated rings. The van der Waals surface area contributed by atoms with Gasteiger partial charge in [0.1, 0.15) is 5.75 Å². The Morgan fingerprint density at radius 1 is 1.23 bits per heavy atom. The van der Waals surface area contributed by atoms with Crippen molar-refractivity contribution in [2.75, 3.05) is 7.11 Å². The second-order valence-electron chi connectivity index (χ2n) is 5.93. The normalized spacial score (nSPS) is 10.6. The first-order valence-electron chi connectivity index (χ1n) is 8.16. The van der Waals surface area contributed by atoms with Gasteiger partial charge in [0.25, 0.3) is 5.91 Å². The predicted octanol–water partition coefficient (Wildman–Crippen LogP) is 3.49. The van der Waals surface area contributed by atoms with Gasteiger partial charge in [-0.1, -0.05) is 18.2 Å². The lowest BCUT2D eigenvalue weighted by Gasteiger charge is -2.12. The van der Waals surface area contributed by atoms with E-state index < -0.39 is 0 Å². The van der Waals surface area contributed by atoms with Crippen molar-refractivity contribution in [2.24, 2.45) is 0 Å². The largest absolute Gasteiger partial charge is 0.495 e. The standard InChI is InChI=1S/C19H20N4O2S/c1-12-8-9-14(10-13(12)2)18(24)20-11-17-21-22-19(26)23(17)15-6-4-5-7-16(15)25-3/h4-10H,11H2,1-3H3,(H,20,24)(H,22,26). The third-order valence-electron chi connectivity index (χ3n) is 4.24. The second kappa shape index (κ2) is 7.53. The van der Waals surface area contributed by atoms with E-state index in [0.29, 0.717) is 21.9 Å². The highest BCUT2D eigenvalue weighted by Crippen LogP contribution is 2.23. The molecular weight excluding hydrogens is 348 g/mol. The smallest absolute Gasteiger partial charge is 0.251 e. The molecule has 1 amide bonds. The number of nitrogens with one attached hydrogen (secondary N) is 2. The number of amides is 1. The van der Waals surface area contributed by atoms with Crippen LogP contribution in [0.2, 0.25) is 0 Å². The second-order valence-corrected chi connectivity index (χ2v) is 6.32. The molecule has 0 aliphatic heterocycles. The van der Waals surface area contributed by atoms with Crippen LogP contribution in [0.4, 0.5) is 0 Å². The summed E-state index contributed by atoms with van der Waals surface area (Å²) in [5, 5.41) is 9.91. The number of H-pyrrole nitrogens is 1. The van der Waals surface area contributed by atoms with Crippen molar-refractivity contribution < 1.29 is 9.53 Å². The molecule has 0 aliphatic rings. The summed E-state index contributed by atoms with van der Waals surface area (Å²) in [6, 6.07) is 13.1. The number of benzene rings is 2. The zero-order valence-corrected chi connectivity index (χ0v) is 15.7. The summed E-state index contributed by atoms with van der Waals surface area (Å²) in [7, 11) is 1.60. The van der Waals surface area contributed by atoms with E-state index in [1.165, 1.54) is 0 Å². The third kappa shape index (κ3) is 3.52. The van der Waals surface area contributed by atoms with Crippen molar-refractivity contribution in [1.29, 1.82) is 0 Å². The van der Waals surface area contributed by atoms with Crippen LogP contribution < -0.4 is 10.1 Å². The van der Waals surface area contributed by atoms with Crippen molar-refractivity contribution in [3.05, 3.63) is 69.8 Å². The third-order valence-corrected chi connectivity index (χ3v) is 4.52. The Bertz CT molecular complexity index is 1010. The van der Waals surface area contributed by atoms with Gasteiger partial charge in [0.2, 0.25) is 0 Å². The molecule has 1 heterocycles. The molecule has 134 valence electrons. The molecule has 7 heteroatoms. The number of methoxy groups -OCH3 is 1. The number of hydrogen-bond acceptors (Lipinski definition) is 4. The van der Waals surface area contributed by atoms with Crippen molar-refractivity contribution in [3.63, 3.8) is 0 Å². The highest BCUT2D eigenvalue weighted by Gasteiger charge is 2.14. The van der Waals surface area contributed by atoms with Crippen molar-refractivity contribution >= 4 is 18.1 Å². The van der Waals surface area contributed by atoms with Gasteiger partial charge in [0.05, 0.1) is 19.3 Å². The van der Waals surface area contributed by atoms with E-state index in [1.54, 1.807) is 11.7 Å². The zero-order chi connectivity index (χ0) is 18.7. The van der Waals surface area contributed by atoms with Crippen LogP contribution in [0.5, 0.6) is 5.75 Å². The number of aromatic nitrogens is 3. The van der Waals surface area contributed by atoms with E-state index in [2.05, 4.69) is 15.5 Å². The summed E-state index contributed by atoms with van der Waals surface area (Å²) in [4.78, 5) is 12.5. The minimum absolute atomic E-state index is 0.159. The lowest BCUT2D eigenvalue weighted by atomic mass is 10.1. The van der Waals surface area contributed by atoms with Gasteiger partial charge in [-0.05, 0) is 61.5 Å². The van der Waals surface area contributed by atoms with E-state index in [0.717, 1.165) is 16.8 Å². The fourth-order valence-electron chi connectivity index (χ4n) is 2.66. The minimum Gasteiger partial charge on any atom is -0.495 e. The van der Waals surface area contributed by atoms with E-state index >= 15 is 0 Å². The van der Waals surface area contributed by atoms with Crippen molar-refractivity contribution in [1.82, 2.24) is 20.1 Å².